The maximum atomic E-state index is 11.6. The van der Waals surface area contributed by atoms with E-state index >= 15 is 0 Å². The van der Waals surface area contributed by atoms with E-state index in [-0.39, 0.29) is 18.3 Å². The predicted molar refractivity (Wildman–Crippen MR) is 65.8 cm³/mol. The first kappa shape index (κ1) is 11.9. The van der Waals surface area contributed by atoms with Crippen molar-refractivity contribution in [2.45, 2.75) is 19.3 Å². The lowest BCUT2D eigenvalue weighted by Gasteiger charge is -2.06. The van der Waals surface area contributed by atoms with Crippen LogP contribution < -0.4 is 5.32 Å². The highest BCUT2D eigenvalue weighted by atomic mass is 35.5. The minimum atomic E-state index is -0.0659. The number of likely N-dealkylation sites (N-methyl/N-ethyl adjacent to an activating group) is 1. The van der Waals surface area contributed by atoms with E-state index in [4.69, 9.17) is 11.6 Å². The Bertz CT molecular complexity index is 537. The maximum absolute atomic E-state index is 11.6. The molecule has 2 rings (SSSR count). The van der Waals surface area contributed by atoms with E-state index in [0.717, 1.165) is 5.52 Å². The number of rotatable bonds is 4. The summed E-state index contributed by atoms with van der Waals surface area (Å²) in [5, 5.41) is 2.74. The Kier molecular flexibility index (Phi) is 3.58. The Balaban J connectivity index is 2.39. The lowest BCUT2D eigenvalue weighted by atomic mass is 10.4. The third-order valence-corrected chi connectivity index (χ3v) is 2.62. The van der Waals surface area contributed by atoms with Gasteiger partial charge in [0, 0.05) is 12.7 Å². The zero-order valence-corrected chi connectivity index (χ0v) is 10.2. The average Bonchev–Trinajstić information content (AvgIpc) is 2.68. The smallest absolute Gasteiger partial charge is 0.240 e. The topological polar surface area (TPSA) is 59.8 Å². The van der Waals surface area contributed by atoms with Gasteiger partial charge in [-0.2, -0.15) is 0 Å². The quantitative estimate of drug-likeness (QED) is 0.835. The van der Waals surface area contributed by atoms with E-state index in [0.29, 0.717) is 18.0 Å². The van der Waals surface area contributed by atoms with Gasteiger partial charge in [-0.3, -0.25) is 4.79 Å². The van der Waals surface area contributed by atoms with Crippen LogP contribution in [0.1, 0.15) is 12.7 Å². The van der Waals surface area contributed by atoms with E-state index in [1.165, 1.54) is 0 Å². The number of pyridine rings is 1. The Morgan fingerprint density at radius 3 is 3.12 bits per heavy atom. The van der Waals surface area contributed by atoms with Gasteiger partial charge in [0.1, 0.15) is 17.9 Å². The molecule has 0 aliphatic heterocycles. The molecular formula is C11H13ClN4O. The number of hydrogen-bond donors (Lipinski definition) is 1. The number of imidazole rings is 1. The largest absolute Gasteiger partial charge is 0.355 e. The molecule has 0 unspecified atom stereocenters. The molecule has 0 aliphatic rings. The molecule has 0 saturated carbocycles. The molecule has 6 heteroatoms. The summed E-state index contributed by atoms with van der Waals surface area (Å²) in [7, 11) is 0. The number of hydrogen-bond acceptors (Lipinski definition) is 3. The molecule has 1 amide bonds. The molecule has 2 heterocycles. The molecule has 0 aliphatic carbocycles. The zero-order valence-electron chi connectivity index (χ0n) is 9.48. The van der Waals surface area contributed by atoms with Crippen molar-refractivity contribution in [3.63, 3.8) is 0 Å². The Morgan fingerprint density at radius 2 is 2.41 bits per heavy atom. The summed E-state index contributed by atoms with van der Waals surface area (Å²) in [4.78, 5) is 20.1. The van der Waals surface area contributed by atoms with Crippen LogP contribution in [0.2, 0.25) is 0 Å². The van der Waals surface area contributed by atoms with Crippen molar-refractivity contribution < 1.29 is 4.79 Å². The van der Waals surface area contributed by atoms with Gasteiger partial charge in [-0.15, -0.1) is 11.6 Å². The normalized spacial score (nSPS) is 10.7. The Morgan fingerprint density at radius 1 is 1.59 bits per heavy atom. The van der Waals surface area contributed by atoms with Crippen molar-refractivity contribution >= 4 is 28.7 Å². The summed E-state index contributed by atoms with van der Waals surface area (Å²) >= 11 is 5.82. The standard InChI is InChI=1S/C11H13ClN4O/c1-2-13-10(17)7-16-9(6-12)15-8-4-3-5-14-11(8)16/h3-5H,2,6-7H2,1H3,(H,13,17). The van der Waals surface area contributed by atoms with Gasteiger partial charge in [-0.1, -0.05) is 0 Å². The minimum Gasteiger partial charge on any atom is -0.355 e. The highest BCUT2D eigenvalue weighted by Crippen LogP contribution is 2.14. The van der Waals surface area contributed by atoms with E-state index in [1.54, 1.807) is 10.8 Å². The molecule has 0 saturated heterocycles. The second-order valence-electron chi connectivity index (χ2n) is 3.55. The van der Waals surface area contributed by atoms with Gasteiger partial charge in [0.2, 0.25) is 5.91 Å². The molecule has 17 heavy (non-hydrogen) atoms. The molecule has 1 N–H and O–H groups in total. The van der Waals surface area contributed by atoms with Crippen LogP contribution in [-0.4, -0.2) is 27.0 Å². The lowest BCUT2D eigenvalue weighted by molar-refractivity contribution is -0.121. The first-order valence-electron chi connectivity index (χ1n) is 5.39. The molecule has 0 fully saturated rings. The Hall–Kier alpha value is -1.62. The van der Waals surface area contributed by atoms with Crippen molar-refractivity contribution in [1.29, 1.82) is 0 Å². The second kappa shape index (κ2) is 5.14. The predicted octanol–water partition coefficient (Wildman–Crippen LogP) is 1.31. The Labute approximate surface area is 104 Å². The number of fused-ring (bicyclic) bond motifs is 1. The number of amides is 1. The lowest BCUT2D eigenvalue weighted by Crippen LogP contribution is -2.27. The molecule has 0 radical (unpaired) electrons. The van der Waals surface area contributed by atoms with Gasteiger partial charge >= 0.3 is 0 Å². The molecule has 0 aromatic carbocycles. The van der Waals surface area contributed by atoms with Crippen LogP contribution >= 0.6 is 11.6 Å². The molecule has 2 aromatic heterocycles. The van der Waals surface area contributed by atoms with Gasteiger partial charge in [0.05, 0.1) is 5.88 Å². The highest BCUT2D eigenvalue weighted by Gasteiger charge is 2.13. The van der Waals surface area contributed by atoms with Crippen LogP contribution in [0.5, 0.6) is 0 Å². The molecule has 0 spiro atoms. The third kappa shape index (κ3) is 2.39. The highest BCUT2D eigenvalue weighted by molar-refractivity contribution is 6.16. The molecule has 0 atom stereocenters. The summed E-state index contributed by atoms with van der Waals surface area (Å²) in [5.74, 6) is 0.853. The van der Waals surface area contributed by atoms with Crippen molar-refractivity contribution in [3.05, 3.63) is 24.2 Å². The second-order valence-corrected chi connectivity index (χ2v) is 3.81. The third-order valence-electron chi connectivity index (χ3n) is 2.38. The van der Waals surface area contributed by atoms with Gasteiger partial charge < -0.3 is 9.88 Å². The first-order chi connectivity index (χ1) is 8.26. The number of alkyl halides is 1. The number of aromatic nitrogens is 3. The van der Waals surface area contributed by atoms with Crippen molar-refractivity contribution in [3.8, 4) is 0 Å². The zero-order chi connectivity index (χ0) is 12.3. The maximum Gasteiger partial charge on any atom is 0.240 e. The van der Waals surface area contributed by atoms with Crippen LogP contribution in [0.25, 0.3) is 11.2 Å². The summed E-state index contributed by atoms with van der Waals surface area (Å²) in [6, 6.07) is 3.66. The number of nitrogens with one attached hydrogen (secondary N) is 1. The van der Waals surface area contributed by atoms with Crippen molar-refractivity contribution in [1.82, 2.24) is 19.9 Å². The minimum absolute atomic E-state index is 0.0659. The van der Waals surface area contributed by atoms with Gasteiger partial charge in [-0.05, 0) is 19.1 Å². The SMILES string of the molecule is CCNC(=O)Cn1c(CCl)nc2cccnc21. The molecular weight excluding hydrogens is 240 g/mol. The molecule has 0 bridgehead atoms. The fraction of sp³-hybridized carbons (Fsp3) is 0.364. The summed E-state index contributed by atoms with van der Waals surface area (Å²) < 4.78 is 1.74. The van der Waals surface area contributed by atoms with Crippen molar-refractivity contribution in [2.75, 3.05) is 6.54 Å². The van der Waals surface area contributed by atoms with Crippen LogP contribution in [0, 0.1) is 0 Å². The number of nitrogens with zero attached hydrogens (tertiary/aromatic N) is 3. The van der Waals surface area contributed by atoms with Crippen LogP contribution in [-0.2, 0) is 17.2 Å². The van der Waals surface area contributed by atoms with Gasteiger partial charge in [0.15, 0.2) is 5.65 Å². The van der Waals surface area contributed by atoms with E-state index in [2.05, 4.69) is 15.3 Å². The van der Waals surface area contributed by atoms with Crippen molar-refractivity contribution in [2.24, 2.45) is 0 Å². The monoisotopic (exact) mass is 252 g/mol. The van der Waals surface area contributed by atoms with Gasteiger partial charge in [0.25, 0.3) is 0 Å². The van der Waals surface area contributed by atoms with E-state index in [9.17, 15) is 4.79 Å². The van der Waals surface area contributed by atoms with Gasteiger partial charge in [-0.25, -0.2) is 9.97 Å². The summed E-state index contributed by atoms with van der Waals surface area (Å²) in [6.07, 6.45) is 1.68. The van der Waals surface area contributed by atoms with Crippen LogP contribution in [0.15, 0.2) is 18.3 Å². The number of carbonyl (C=O) groups is 1. The summed E-state index contributed by atoms with van der Waals surface area (Å²) in [5.41, 5.74) is 1.45. The first-order valence-corrected chi connectivity index (χ1v) is 5.92. The summed E-state index contributed by atoms with van der Waals surface area (Å²) in [6.45, 7) is 2.68. The van der Waals surface area contributed by atoms with E-state index in [1.807, 2.05) is 19.1 Å². The molecule has 90 valence electrons. The molecule has 2 aromatic rings. The fourth-order valence-corrected chi connectivity index (χ4v) is 1.87. The van der Waals surface area contributed by atoms with E-state index < -0.39 is 0 Å². The van der Waals surface area contributed by atoms with Crippen LogP contribution in [0.3, 0.4) is 0 Å². The number of halogens is 1. The van der Waals surface area contributed by atoms with Crippen LogP contribution in [0.4, 0.5) is 0 Å². The number of carbonyl (C=O) groups excluding carboxylic acids is 1. The molecule has 5 nitrogen and oxygen atoms in total. The average molecular weight is 253 g/mol. The fourth-order valence-electron chi connectivity index (χ4n) is 1.67.